The molecule has 0 aromatic carbocycles. The van der Waals surface area contributed by atoms with Gasteiger partial charge in [-0.25, -0.2) is 4.79 Å². The number of hydrogen-bond donors (Lipinski definition) is 2. The number of nitrogens with zero attached hydrogens (tertiary/aromatic N) is 2. The monoisotopic (exact) mass is 249 g/mol. The van der Waals surface area contributed by atoms with Crippen LogP contribution in [0.15, 0.2) is 0 Å². The number of anilines is 1. The minimum absolute atomic E-state index is 0.295. The molecule has 1 fully saturated rings. The van der Waals surface area contributed by atoms with Crippen molar-refractivity contribution < 1.29 is 9.90 Å². The van der Waals surface area contributed by atoms with Gasteiger partial charge in [0.15, 0.2) is 5.82 Å². The molecule has 1 saturated carbocycles. The van der Waals surface area contributed by atoms with Crippen molar-refractivity contribution in [1.82, 2.24) is 10.2 Å². The van der Waals surface area contributed by atoms with E-state index in [2.05, 4.69) is 22.4 Å². The molecular formula is C13H19N3O2. The van der Waals surface area contributed by atoms with Crippen LogP contribution >= 0.6 is 0 Å². The molecule has 98 valence electrons. The highest BCUT2D eigenvalue weighted by atomic mass is 16.4. The molecule has 0 aliphatic heterocycles. The summed E-state index contributed by atoms with van der Waals surface area (Å²) in [5.74, 6) is 0.0857. The third-order valence-electron chi connectivity index (χ3n) is 3.49. The molecule has 1 aromatic heterocycles. The number of aromatic carboxylic acids is 1. The van der Waals surface area contributed by atoms with Crippen LogP contribution in [-0.2, 0) is 12.8 Å². The summed E-state index contributed by atoms with van der Waals surface area (Å²) in [5, 5.41) is 20.8. The molecule has 2 atom stereocenters. The molecule has 2 rings (SSSR count). The number of rotatable bonds is 5. The molecule has 1 aliphatic rings. The van der Waals surface area contributed by atoms with E-state index in [1.165, 1.54) is 0 Å². The maximum absolute atomic E-state index is 11.4. The molecular weight excluding hydrogens is 230 g/mol. The molecule has 1 heterocycles. The van der Waals surface area contributed by atoms with Crippen molar-refractivity contribution >= 4 is 11.8 Å². The van der Waals surface area contributed by atoms with Crippen LogP contribution in [0.2, 0.25) is 0 Å². The number of carbonyl (C=O) groups is 1. The first-order chi connectivity index (χ1) is 8.58. The SMILES string of the molecule is CCc1nnc(NC2CC2C)c(C(=O)O)c1CC. The minimum atomic E-state index is -0.924. The summed E-state index contributed by atoms with van der Waals surface area (Å²) in [6.45, 7) is 6.05. The second-order valence-corrected chi connectivity index (χ2v) is 4.82. The van der Waals surface area contributed by atoms with Gasteiger partial charge in [0.1, 0.15) is 5.56 Å². The Morgan fingerprint density at radius 1 is 1.39 bits per heavy atom. The molecule has 5 nitrogen and oxygen atoms in total. The largest absolute Gasteiger partial charge is 0.478 e. The highest BCUT2D eigenvalue weighted by Crippen LogP contribution is 2.33. The number of aryl methyl sites for hydroxylation is 1. The summed E-state index contributed by atoms with van der Waals surface area (Å²) in [5.41, 5.74) is 1.88. The fourth-order valence-corrected chi connectivity index (χ4v) is 2.20. The van der Waals surface area contributed by atoms with Crippen LogP contribution < -0.4 is 5.32 Å². The van der Waals surface area contributed by atoms with Crippen molar-refractivity contribution in [2.45, 2.75) is 46.1 Å². The molecule has 0 bridgehead atoms. The first kappa shape index (κ1) is 12.8. The van der Waals surface area contributed by atoms with Gasteiger partial charge >= 0.3 is 5.97 Å². The molecule has 2 N–H and O–H groups in total. The Morgan fingerprint density at radius 3 is 2.50 bits per heavy atom. The Labute approximate surface area is 107 Å². The normalized spacial score (nSPS) is 21.7. The van der Waals surface area contributed by atoms with Crippen molar-refractivity contribution in [3.05, 3.63) is 16.8 Å². The fourth-order valence-electron chi connectivity index (χ4n) is 2.20. The maximum Gasteiger partial charge on any atom is 0.339 e. The van der Waals surface area contributed by atoms with Crippen LogP contribution in [0.5, 0.6) is 0 Å². The zero-order valence-corrected chi connectivity index (χ0v) is 11.0. The van der Waals surface area contributed by atoms with Crippen molar-refractivity contribution in [3.8, 4) is 0 Å². The van der Waals surface area contributed by atoms with E-state index in [1.54, 1.807) is 0 Å². The van der Waals surface area contributed by atoms with Gasteiger partial charge in [-0.15, -0.1) is 5.10 Å². The van der Waals surface area contributed by atoms with Gasteiger partial charge in [0.2, 0.25) is 0 Å². The summed E-state index contributed by atoms with van der Waals surface area (Å²) in [6, 6.07) is 0.342. The number of aromatic nitrogens is 2. The lowest BCUT2D eigenvalue weighted by Gasteiger charge is -2.13. The van der Waals surface area contributed by atoms with Crippen LogP contribution in [0.25, 0.3) is 0 Å². The summed E-state index contributed by atoms with van der Waals surface area (Å²) >= 11 is 0. The van der Waals surface area contributed by atoms with Gasteiger partial charge in [0.05, 0.1) is 5.69 Å². The van der Waals surface area contributed by atoms with Gasteiger partial charge in [0, 0.05) is 6.04 Å². The molecule has 0 saturated heterocycles. The highest BCUT2D eigenvalue weighted by Gasteiger charge is 2.34. The van der Waals surface area contributed by atoms with Gasteiger partial charge in [-0.05, 0) is 30.7 Å². The molecule has 2 unspecified atom stereocenters. The third-order valence-corrected chi connectivity index (χ3v) is 3.49. The van der Waals surface area contributed by atoms with E-state index in [-0.39, 0.29) is 0 Å². The van der Waals surface area contributed by atoms with E-state index in [9.17, 15) is 9.90 Å². The molecule has 0 amide bonds. The van der Waals surface area contributed by atoms with E-state index in [1.807, 2.05) is 13.8 Å². The first-order valence-corrected chi connectivity index (χ1v) is 6.46. The van der Waals surface area contributed by atoms with Gasteiger partial charge in [-0.3, -0.25) is 0 Å². The van der Waals surface area contributed by atoms with E-state index < -0.39 is 5.97 Å². The first-order valence-electron chi connectivity index (χ1n) is 6.46. The Balaban J connectivity index is 2.42. The maximum atomic E-state index is 11.4. The average molecular weight is 249 g/mol. The second-order valence-electron chi connectivity index (χ2n) is 4.82. The highest BCUT2D eigenvalue weighted by molar-refractivity contribution is 5.95. The molecule has 1 aliphatic carbocycles. The van der Waals surface area contributed by atoms with Gasteiger partial charge in [-0.2, -0.15) is 5.10 Å². The predicted molar refractivity (Wildman–Crippen MR) is 68.9 cm³/mol. The third kappa shape index (κ3) is 2.30. The van der Waals surface area contributed by atoms with Gasteiger partial charge < -0.3 is 10.4 Å². The Hall–Kier alpha value is -1.65. The lowest BCUT2D eigenvalue weighted by atomic mass is 10.0. The molecule has 0 radical (unpaired) electrons. The van der Waals surface area contributed by atoms with Crippen LogP contribution in [0.4, 0.5) is 5.82 Å². The number of nitrogens with one attached hydrogen (secondary N) is 1. The van der Waals surface area contributed by atoms with Crippen molar-refractivity contribution in [2.24, 2.45) is 5.92 Å². The zero-order valence-electron chi connectivity index (χ0n) is 11.0. The summed E-state index contributed by atoms with van der Waals surface area (Å²) in [6.07, 6.45) is 2.43. The minimum Gasteiger partial charge on any atom is -0.478 e. The van der Waals surface area contributed by atoms with E-state index in [4.69, 9.17) is 0 Å². The van der Waals surface area contributed by atoms with Gasteiger partial charge in [-0.1, -0.05) is 20.8 Å². The Bertz CT molecular complexity index is 474. The number of hydrogen-bond acceptors (Lipinski definition) is 4. The van der Waals surface area contributed by atoms with Crippen molar-refractivity contribution in [3.63, 3.8) is 0 Å². The van der Waals surface area contributed by atoms with Crippen LogP contribution in [0, 0.1) is 5.92 Å². The van der Waals surface area contributed by atoms with E-state index in [0.717, 1.165) is 17.7 Å². The Morgan fingerprint density at radius 2 is 2.06 bits per heavy atom. The van der Waals surface area contributed by atoms with Crippen molar-refractivity contribution in [2.75, 3.05) is 5.32 Å². The lowest BCUT2D eigenvalue weighted by molar-refractivity contribution is 0.0696. The molecule has 1 aromatic rings. The fraction of sp³-hybridized carbons (Fsp3) is 0.615. The number of carboxylic acids is 1. The van der Waals surface area contributed by atoms with Crippen LogP contribution in [-0.4, -0.2) is 27.3 Å². The standard InChI is InChI=1S/C13H19N3O2/c1-4-8-9(5-2)15-16-12(11(8)13(17)18)14-10-6-7(10)3/h7,10H,4-6H2,1-3H3,(H,14,16)(H,17,18). The topological polar surface area (TPSA) is 75.1 Å². The quantitative estimate of drug-likeness (QED) is 0.836. The summed E-state index contributed by atoms with van der Waals surface area (Å²) in [4.78, 5) is 11.4. The van der Waals surface area contributed by atoms with Crippen molar-refractivity contribution in [1.29, 1.82) is 0 Å². The van der Waals surface area contributed by atoms with Gasteiger partial charge in [0.25, 0.3) is 0 Å². The second kappa shape index (κ2) is 4.92. The average Bonchev–Trinajstić information content (AvgIpc) is 3.03. The predicted octanol–water partition coefficient (Wildman–Crippen LogP) is 2.12. The smallest absolute Gasteiger partial charge is 0.339 e. The van der Waals surface area contributed by atoms with E-state index >= 15 is 0 Å². The molecule has 5 heteroatoms. The molecule has 18 heavy (non-hydrogen) atoms. The summed E-state index contributed by atoms with van der Waals surface area (Å²) < 4.78 is 0. The lowest BCUT2D eigenvalue weighted by Crippen LogP contribution is -2.16. The zero-order chi connectivity index (χ0) is 13.3. The summed E-state index contributed by atoms with van der Waals surface area (Å²) in [7, 11) is 0. The molecule has 0 spiro atoms. The number of carboxylic acid groups (broad SMARTS) is 1. The van der Waals surface area contributed by atoms with Crippen LogP contribution in [0.3, 0.4) is 0 Å². The Kier molecular flexibility index (Phi) is 3.50. The van der Waals surface area contributed by atoms with E-state index in [0.29, 0.717) is 36.2 Å². The van der Waals surface area contributed by atoms with Crippen LogP contribution in [0.1, 0.15) is 48.8 Å².